The van der Waals surface area contributed by atoms with E-state index in [1.54, 1.807) is 6.92 Å². The first-order valence-corrected chi connectivity index (χ1v) is 5.27. The molecule has 1 N–H and O–H groups in total. The van der Waals surface area contributed by atoms with Gasteiger partial charge in [-0.05, 0) is 0 Å². The second-order valence-corrected chi connectivity index (χ2v) is 4.71. The van der Waals surface area contributed by atoms with Gasteiger partial charge in [0.1, 0.15) is 23.4 Å². The van der Waals surface area contributed by atoms with Crippen LogP contribution >= 0.6 is 0 Å². The van der Waals surface area contributed by atoms with Crippen LogP contribution in [0.3, 0.4) is 0 Å². The molecule has 1 aliphatic carbocycles. The minimum atomic E-state index is -1.34. The molecule has 3 rings (SSSR count). The van der Waals surface area contributed by atoms with Crippen molar-refractivity contribution in [2.24, 2.45) is 11.3 Å². The molecule has 2 aliphatic heterocycles. The predicted octanol–water partition coefficient (Wildman–Crippen LogP) is -0.220. The minimum Gasteiger partial charge on any atom is -0.428 e. The summed E-state index contributed by atoms with van der Waals surface area (Å²) >= 11 is 0. The van der Waals surface area contributed by atoms with Gasteiger partial charge in [-0.2, -0.15) is 0 Å². The Bertz CT molecular complexity index is 415. The number of fused-ring (bicyclic) bond motifs is 1. The monoisotopic (exact) mass is 224 g/mol. The predicted molar refractivity (Wildman–Crippen MR) is 51.1 cm³/mol. The molecule has 3 aliphatic rings. The van der Waals surface area contributed by atoms with E-state index in [0.717, 1.165) is 0 Å². The maximum atomic E-state index is 11.9. The molecule has 3 fully saturated rings. The molecule has 5 nitrogen and oxygen atoms in total. The standard InChI is InChI=1S/C11H12O5/c1-4-7-3-6(12)8(13)11(4)9(16-7)5(2)15-10(11)14/h4,7-9,13H,2-3H2,1H3/t4-,7-,8?,9+,11+/m1/s1. The molecule has 1 unspecified atom stereocenters. The van der Waals surface area contributed by atoms with E-state index in [-0.39, 0.29) is 30.0 Å². The van der Waals surface area contributed by atoms with E-state index in [9.17, 15) is 14.7 Å². The van der Waals surface area contributed by atoms with Crippen LogP contribution in [0.4, 0.5) is 0 Å². The largest absolute Gasteiger partial charge is 0.428 e. The van der Waals surface area contributed by atoms with E-state index in [0.29, 0.717) is 0 Å². The highest BCUT2D eigenvalue weighted by Gasteiger charge is 2.73. The lowest BCUT2D eigenvalue weighted by Crippen LogP contribution is -2.55. The topological polar surface area (TPSA) is 72.8 Å². The molecule has 86 valence electrons. The van der Waals surface area contributed by atoms with Crippen molar-refractivity contribution in [2.45, 2.75) is 31.7 Å². The summed E-state index contributed by atoms with van der Waals surface area (Å²) in [4.78, 5) is 23.5. The van der Waals surface area contributed by atoms with Gasteiger partial charge in [-0.25, -0.2) is 0 Å². The number of aliphatic hydroxyl groups is 1. The van der Waals surface area contributed by atoms with Crippen LogP contribution in [0.15, 0.2) is 12.3 Å². The molecular weight excluding hydrogens is 212 g/mol. The number of ether oxygens (including phenoxy) is 2. The van der Waals surface area contributed by atoms with Crippen LogP contribution in [0.5, 0.6) is 0 Å². The average molecular weight is 224 g/mol. The van der Waals surface area contributed by atoms with Crippen molar-refractivity contribution in [3.05, 3.63) is 12.3 Å². The summed E-state index contributed by atoms with van der Waals surface area (Å²) in [6, 6.07) is 0. The molecule has 0 aromatic carbocycles. The van der Waals surface area contributed by atoms with Gasteiger partial charge in [0.05, 0.1) is 6.10 Å². The first-order valence-electron chi connectivity index (χ1n) is 5.27. The molecule has 1 spiro atoms. The summed E-state index contributed by atoms with van der Waals surface area (Å²) in [6.07, 6.45) is -2.17. The lowest BCUT2D eigenvalue weighted by atomic mass is 9.63. The van der Waals surface area contributed by atoms with Crippen LogP contribution in [0.1, 0.15) is 13.3 Å². The molecule has 0 aromatic heterocycles. The first kappa shape index (κ1) is 9.99. The Morgan fingerprint density at radius 1 is 1.50 bits per heavy atom. The zero-order valence-electron chi connectivity index (χ0n) is 8.80. The second-order valence-electron chi connectivity index (χ2n) is 4.71. The third kappa shape index (κ3) is 0.814. The van der Waals surface area contributed by atoms with E-state index in [1.807, 2.05) is 0 Å². The highest BCUT2D eigenvalue weighted by Crippen LogP contribution is 2.57. The molecular formula is C11H12O5. The van der Waals surface area contributed by atoms with E-state index >= 15 is 0 Å². The highest BCUT2D eigenvalue weighted by molar-refractivity contribution is 5.96. The van der Waals surface area contributed by atoms with Gasteiger partial charge in [0.25, 0.3) is 0 Å². The normalized spacial score (nSPS) is 50.5. The number of esters is 1. The maximum Gasteiger partial charge on any atom is 0.323 e. The van der Waals surface area contributed by atoms with Crippen molar-refractivity contribution in [3.63, 3.8) is 0 Å². The molecule has 0 amide bonds. The quantitative estimate of drug-likeness (QED) is 0.576. The SMILES string of the molecule is C=C1OC(=O)[C@@]23C(O)C(=O)C[C@@H](O[C@@H]12)[C@H]3C. The van der Waals surface area contributed by atoms with E-state index < -0.39 is 23.6 Å². The summed E-state index contributed by atoms with van der Waals surface area (Å²) in [5.41, 5.74) is -1.25. The van der Waals surface area contributed by atoms with E-state index in [1.165, 1.54) is 0 Å². The smallest absolute Gasteiger partial charge is 0.323 e. The Morgan fingerprint density at radius 2 is 2.19 bits per heavy atom. The van der Waals surface area contributed by atoms with Crippen molar-refractivity contribution in [1.29, 1.82) is 0 Å². The summed E-state index contributed by atoms with van der Waals surface area (Å²) < 4.78 is 10.5. The Kier molecular flexibility index (Phi) is 1.70. The Labute approximate surface area is 92.0 Å². The number of carbonyl (C=O) groups excluding carboxylic acids is 2. The number of aliphatic hydroxyl groups excluding tert-OH is 1. The van der Waals surface area contributed by atoms with Crippen molar-refractivity contribution < 1.29 is 24.2 Å². The Hall–Kier alpha value is -1.20. The number of cyclic esters (lactones) is 1. The van der Waals surface area contributed by atoms with Crippen molar-refractivity contribution in [1.82, 2.24) is 0 Å². The van der Waals surface area contributed by atoms with Crippen LogP contribution in [-0.4, -0.2) is 35.2 Å². The van der Waals surface area contributed by atoms with Gasteiger partial charge < -0.3 is 14.6 Å². The molecule has 1 saturated carbocycles. The van der Waals surface area contributed by atoms with Gasteiger partial charge in [-0.3, -0.25) is 9.59 Å². The third-order valence-electron chi connectivity index (χ3n) is 4.09. The molecule has 2 heterocycles. The number of carbonyl (C=O) groups is 2. The number of ketones is 1. The van der Waals surface area contributed by atoms with Gasteiger partial charge in [0.15, 0.2) is 5.78 Å². The molecule has 0 radical (unpaired) electrons. The fraction of sp³-hybridized carbons (Fsp3) is 0.636. The first-order chi connectivity index (χ1) is 7.49. The Morgan fingerprint density at radius 3 is 2.88 bits per heavy atom. The summed E-state index contributed by atoms with van der Waals surface area (Å²) in [5, 5.41) is 10.0. The van der Waals surface area contributed by atoms with Crippen molar-refractivity contribution in [2.75, 3.05) is 0 Å². The van der Waals surface area contributed by atoms with E-state index in [2.05, 4.69) is 6.58 Å². The fourth-order valence-electron chi connectivity index (χ4n) is 3.15. The molecule has 16 heavy (non-hydrogen) atoms. The zero-order chi connectivity index (χ0) is 11.7. The molecule has 2 bridgehead atoms. The van der Waals surface area contributed by atoms with Crippen molar-refractivity contribution >= 4 is 11.8 Å². The lowest BCUT2D eigenvalue weighted by Gasteiger charge is -2.35. The number of rotatable bonds is 0. The van der Waals surface area contributed by atoms with Gasteiger partial charge in [0.2, 0.25) is 0 Å². The number of hydrogen-bond acceptors (Lipinski definition) is 5. The Balaban J connectivity index is 2.19. The molecule has 0 aromatic rings. The van der Waals surface area contributed by atoms with Gasteiger partial charge in [0, 0.05) is 12.3 Å². The molecule has 5 atom stereocenters. The number of Topliss-reactive ketones (excluding diaryl/α,β-unsaturated/α-hetero) is 1. The van der Waals surface area contributed by atoms with Gasteiger partial charge >= 0.3 is 5.97 Å². The van der Waals surface area contributed by atoms with Crippen LogP contribution < -0.4 is 0 Å². The summed E-state index contributed by atoms with van der Waals surface area (Å²) in [5.74, 6) is -0.958. The summed E-state index contributed by atoms with van der Waals surface area (Å²) in [6.45, 7) is 5.41. The van der Waals surface area contributed by atoms with Gasteiger partial charge in [-0.1, -0.05) is 13.5 Å². The van der Waals surface area contributed by atoms with Crippen LogP contribution in [0, 0.1) is 11.3 Å². The van der Waals surface area contributed by atoms with Crippen LogP contribution in [0.2, 0.25) is 0 Å². The van der Waals surface area contributed by atoms with Gasteiger partial charge in [-0.15, -0.1) is 0 Å². The average Bonchev–Trinajstić information content (AvgIpc) is 2.58. The van der Waals surface area contributed by atoms with E-state index in [4.69, 9.17) is 9.47 Å². The highest BCUT2D eigenvalue weighted by atomic mass is 16.6. The maximum absolute atomic E-state index is 11.9. The lowest BCUT2D eigenvalue weighted by molar-refractivity contribution is -0.162. The molecule has 2 saturated heterocycles. The summed E-state index contributed by atoms with van der Waals surface area (Å²) in [7, 11) is 0. The fourth-order valence-corrected chi connectivity index (χ4v) is 3.15. The second kappa shape index (κ2) is 2.73. The third-order valence-corrected chi connectivity index (χ3v) is 4.09. The zero-order valence-corrected chi connectivity index (χ0v) is 8.80. The van der Waals surface area contributed by atoms with Crippen LogP contribution in [-0.2, 0) is 19.1 Å². The minimum absolute atomic E-state index is 0.154. The number of hydrogen-bond donors (Lipinski definition) is 1. The van der Waals surface area contributed by atoms with Crippen LogP contribution in [0.25, 0.3) is 0 Å². The van der Waals surface area contributed by atoms with Crippen molar-refractivity contribution in [3.8, 4) is 0 Å². The molecule has 5 heteroatoms.